The van der Waals surface area contributed by atoms with Crippen molar-refractivity contribution in [2.24, 2.45) is 17.3 Å². The zero-order chi connectivity index (χ0) is 14.9. The quantitative estimate of drug-likeness (QED) is 0.888. The number of hydrogen-bond donors (Lipinski definition) is 2. The lowest BCUT2D eigenvalue weighted by Crippen LogP contribution is -2.27. The van der Waals surface area contributed by atoms with Gasteiger partial charge in [0.1, 0.15) is 0 Å². The van der Waals surface area contributed by atoms with Crippen LogP contribution in [0.2, 0.25) is 0 Å². The molecular weight excluding hydrogens is 252 g/mol. The van der Waals surface area contributed by atoms with Crippen LogP contribution in [-0.4, -0.2) is 11.8 Å². The van der Waals surface area contributed by atoms with Gasteiger partial charge in [-0.2, -0.15) is 0 Å². The second-order valence-electron chi connectivity index (χ2n) is 6.59. The molecule has 2 rings (SSSR count). The maximum absolute atomic E-state index is 11.8. The first-order valence-corrected chi connectivity index (χ1v) is 7.00. The average Bonchev–Trinajstić information content (AvgIpc) is 3.08. The van der Waals surface area contributed by atoms with E-state index in [9.17, 15) is 9.59 Å². The minimum absolute atomic E-state index is 0.0268. The van der Waals surface area contributed by atoms with Gasteiger partial charge in [-0.15, -0.1) is 0 Å². The fraction of sp³-hybridized carbons (Fsp3) is 0.500. The Hall–Kier alpha value is -1.84. The van der Waals surface area contributed by atoms with Gasteiger partial charge in [0.2, 0.25) is 11.8 Å². The number of carbonyl (C=O) groups is 2. The molecule has 0 spiro atoms. The van der Waals surface area contributed by atoms with E-state index in [2.05, 4.69) is 17.6 Å². The predicted molar refractivity (Wildman–Crippen MR) is 80.4 cm³/mol. The Kier molecular flexibility index (Phi) is 3.84. The van der Waals surface area contributed by atoms with E-state index in [1.165, 1.54) is 0 Å². The Bertz CT molecular complexity index is 514. The Labute approximate surface area is 119 Å². The second kappa shape index (κ2) is 5.27. The first-order chi connectivity index (χ1) is 9.27. The van der Waals surface area contributed by atoms with Crippen LogP contribution in [0.1, 0.15) is 34.1 Å². The third-order valence-corrected chi connectivity index (χ3v) is 3.54. The highest BCUT2D eigenvalue weighted by molar-refractivity contribution is 5.96. The molecule has 0 bridgehead atoms. The van der Waals surface area contributed by atoms with Crippen LogP contribution < -0.4 is 10.6 Å². The first-order valence-electron chi connectivity index (χ1n) is 7.00. The number of carbonyl (C=O) groups excluding carboxylic acids is 2. The van der Waals surface area contributed by atoms with E-state index in [0.29, 0.717) is 5.92 Å². The highest BCUT2D eigenvalue weighted by Crippen LogP contribution is 2.38. The molecule has 1 aromatic rings. The van der Waals surface area contributed by atoms with Crippen LogP contribution in [0.3, 0.4) is 0 Å². The molecule has 0 radical (unpaired) electrons. The van der Waals surface area contributed by atoms with E-state index >= 15 is 0 Å². The van der Waals surface area contributed by atoms with Gasteiger partial charge in [-0.05, 0) is 36.6 Å². The summed E-state index contributed by atoms with van der Waals surface area (Å²) in [4.78, 5) is 23.6. The Morgan fingerprint density at radius 1 is 1.05 bits per heavy atom. The molecule has 2 atom stereocenters. The van der Waals surface area contributed by atoms with Crippen molar-refractivity contribution in [3.05, 3.63) is 24.3 Å². The van der Waals surface area contributed by atoms with Gasteiger partial charge in [-0.1, -0.05) is 27.7 Å². The van der Waals surface area contributed by atoms with Crippen LogP contribution in [0.15, 0.2) is 24.3 Å². The smallest absolute Gasteiger partial charge is 0.229 e. The van der Waals surface area contributed by atoms with Gasteiger partial charge in [0.05, 0.1) is 0 Å². The van der Waals surface area contributed by atoms with E-state index in [0.717, 1.165) is 17.8 Å². The molecule has 0 saturated heterocycles. The average molecular weight is 274 g/mol. The van der Waals surface area contributed by atoms with Crippen LogP contribution in [0.25, 0.3) is 0 Å². The van der Waals surface area contributed by atoms with Gasteiger partial charge >= 0.3 is 0 Å². The van der Waals surface area contributed by atoms with Crippen molar-refractivity contribution in [3.63, 3.8) is 0 Å². The van der Waals surface area contributed by atoms with Gasteiger partial charge in [-0.25, -0.2) is 0 Å². The number of amides is 2. The molecule has 108 valence electrons. The zero-order valence-electron chi connectivity index (χ0n) is 12.5. The van der Waals surface area contributed by atoms with Crippen molar-refractivity contribution in [1.29, 1.82) is 0 Å². The molecule has 4 heteroatoms. The summed E-state index contributed by atoms with van der Waals surface area (Å²) in [5.74, 6) is 0.723. The molecule has 0 unspecified atom stereocenters. The van der Waals surface area contributed by atoms with E-state index in [1.807, 2.05) is 32.9 Å². The Balaban J connectivity index is 1.93. The summed E-state index contributed by atoms with van der Waals surface area (Å²) >= 11 is 0. The van der Waals surface area contributed by atoms with Crippen LogP contribution in [0.4, 0.5) is 11.4 Å². The highest BCUT2D eigenvalue weighted by atomic mass is 16.2. The number of hydrogen-bond acceptors (Lipinski definition) is 2. The Morgan fingerprint density at radius 2 is 1.50 bits per heavy atom. The summed E-state index contributed by atoms with van der Waals surface area (Å²) < 4.78 is 0. The molecule has 1 saturated carbocycles. The van der Waals surface area contributed by atoms with E-state index in [4.69, 9.17) is 0 Å². The second-order valence-corrected chi connectivity index (χ2v) is 6.59. The topological polar surface area (TPSA) is 58.2 Å². The highest BCUT2D eigenvalue weighted by Gasteiger charge is 2.39. The van der Waals surface area contributed by atoms with E-state index in [1.54, 1.807) is 12.1 Å². The fourth-order valence-electron chi connectivity index (χ4n) is 1.88. The summed E-state index contributed by atoms with van der Waals surface area (Å²) in [6.45, 7) is 7.69. The predicted octanol–water partition coefficient (Wildman–Crippen LogP) is 3.27. The van der Waals surface area contributed by atoms with E-state index < -0.39 is 5.41 Å². The molecule has 1 aromatic carbocycles. The first kappa shape index (κ1) is 14.6. The summed E-state index contributed by atoms with van der Waals surface area (Å²) in [6.07, 6.45) is 0.978. The number of anilines is 2. The number of nitrogens with one attached hydrogen (secondary N) is 2. The number of benzene rings is 1. The fourth-order valence-corrected chi connectivity index (χ4v) is 1.88. The Morgan fingerprint density at radius 3 is 1.90 bits per heavy atom. The van der Waals surface area contributed by atoms with E-state index in [-0.39, 0.29) is 17.7 Å². The van der Waals surface area contributed by atoms with Crippen molar-refractivity contribution in [2.75, 3.05) is 10.6 Å². The van der Waals surface area contributed by atoms with Crippen molar-refractivity contribution >= 4 is 23.2 Å². The normalized spacial score (nSPS) is 21.2. The van der Waals surface area contributed by atoms with Crippen molar-refractivity contribution in [2.45, 2.75) is 34.1 Å². The summed E-state index contributed by atoms with van der Waals surface area (Å²) in [5.41, 5.74) is 1.08. The molecule has 4 nitrogen and oxygen atoms in total. The molecule has 0 heterocycles. The molecule has 2 N–H and O–H groups in total. The van der Waals surface area contributed by atoms with Crippen LogP contribution >= 0.6 is 0 Å². The third kappa shape index (κ3) is 3.59. The minimum Gasteiger partial charge on any atom is -0.326 e. The van der Waals surface area contributed by atoms with Crippen molar-refractivity contribution < 1.29 is 9.59 Å². The lowest BCUT2D eigenvalue weighted by Gasteiger charge is -2.17. The molecule has 1 aliphatic carbocycles. The molecule has 1 aliphatic rings. The van der Waals surface area contributed by atoms with Crippen molar-refractivity contribution in [1.82, 2.24) is 0 Å². The van der Waals surface area contributed by atoms with Gasteiger partial charge in [0.15, 0.2) is 0 Å². The molecule has 1 fully saturated rings. The molecule has 20 heavy (non-hydrogen) atoms. The SMILES string of the molecule is C[C@H]1C[C@@H]1C(=O)Nc1ccc(NC(=O)C(C)(C)C)cc1. The molecule has 0 aromatic heterocycles. The van der Waals surface area contributed by atoms with Crippen LogP contribution in [0.5, 0.6) is 0 Å². The van der Waals surface area contributed by atoms with Gasteiger partial charge in [-0.3, -0.25) is 9.59 Å². The van der Waals surface area contributed by atoms with Gasteiger partial charge in [0.25, 0.3) is 0 Å². The molecule has 2 amide bonds. The summed E-state index contributed by atoms with van der Waals surface area (Å²) in [7, 11) is 0. The standard InChI is InChI=1S/C16H22N2O2/c1-10-9-13(10)14(19)17-11-5-7-12(8-6-11)18-15(20)16(2,3)4/h5-8,10,13H,9H2,1-4H3,(H,17,19)(H,18,20)/t10-,13-/m0/s1. The third-order valence-electron chi connectivity index (χ3n) is 3.54. The zero-order valence-corrected chi connectivity index (χ0v) is 12.5. The lowest BCUT2D eigenvalue weighted by molar-refractivity contribution is -0.123. The molecule has 0 aliphatic heterocycles. The summed E-state index contributed by atoms with van der Waals surface area (Å²) in [5, 5.41) is 5.75. The van der Waals surface area contributed by atoms with Crippen LogP contribution in [0, 0.1) is 17.3 Å². The monoisotopic (exact) mass is 274 g/mol. The molecular formula is C16H22N2O2. The van der Waals surface area contributed by atoms with Crippen LogP contribution in [-0.2, 0) is 9.59 Å². The maximum atomic E-state index is 11.8. The van der Waals surface area contributed by atoms with Crippen molar-refractivity contribution in [3.8, 4) is 0 Å². The minimum atomic E-state index is -0.422. The number of rotatable bonds is 3. The summed E-state index contributed by atoms with van der Waals surface area (Å²) in [6, 6.07) is 7.22. The van der Waals surface area contributed by atoms with Gasteiger partial charge in [0, 0.05) is 22.7 Å². The van der Waals surface area contributed by atoms with Gasteiger partial charge < -0.3 is 10.6 Å². The largest absolute Gasteiger partial charge is 0.326 e. The maximum Gasteiger partial charge on any atom is 0.229 e. The lowest BCUT2D eigenvalue weighted by atomic mass is 9.95.